The predicted molar refractivity (Wildman–Crippen MR) is 54.6 cm³/mol. The van der Waals surface area contributed by atoms with Gasteiger partial charge in [0.15, 0.2) is 0 Å². The summed E-state index contributed by atoms with van der Waals surface area (Å²) in [4.78, 5) is 10.7. The van der Waals surface area contributed by atoms with Crippen molar-refractivity contribution in [2.24, 2.45) is 0 Å². The van der Waals surface area contributed by atoms with Crippen LogP contribution in [-0.2, 0) is 10.2 Å². The van der Waals surface area contributed by atoms with Crippen LogP contribution >= 0.6 is 11.6 Å². The molecule has 15 heavy (non-hydrogen) atoms. The molecule has 0 aliphatic heterocycles. The van der Waals surface area contributed by atoms with E-state index >= 15 is 0 Å². The van der Waals surface area contributed by atoms with Gasteiger partial charge in [0.1, 0.15) is 5.82 Å². The number of benzene rings is 1. The van der Waals surface area contributed by atoms with E-state index in [2.05, 4.69) is 0 Å². The number of aliphatic carboxylic acids is 1. The van der Waals surface area contributed by atoms with Crippen LogP contribution in [0.25, 0.3) is 0 Å². The van der Waals surface area contributed by atoms with Gasteiger partial charge in [0.05, 0.1) is 6.42 Å². The van der Waals surface area contributed by atoms with E-state index in [1.165, 1.54) is 12.1 Å². The Morgan fingerprint density at radius 1 is 1.53 bits per heavy atom. The lowest BCUT2D eigenvalue weighted by Crippen LogP contribution is -2.13. The zero-order valence-corrected chi connectivity index (χ0v) is 8.72. The lowest BCUT2D eigenvalue weighted by molar-refractivity contribution is -0.137. The van der Waals surface area contributed by atoms with Gasteiger partial charge in [0.2, 0.25) is 0 Å². The molecule has 1 aromatic rings. The highest BCUT2D eigenvalue weighted by Crippen LogP contribution is 2.53. The largest absolute Gasteiger partial charge is 0.481 e. The monoisotopic (exact) mass is 228 g/mol. The SMILES string of the molecule is O=C(O)CC1(c2ccc(F)cc2Cl)CC1. The van der Waals surface area contributed by atoms with Crippen molar-refractivity contribution in [2.45, 2.75) is 24.7 Å². The van der Waals surface area contributed by atoms with Gasteiger partial charge in [-0.05, 0) is 30.5 Å². The van der Waals surface area contributed by atoms with Crippen LogP contribution in [0.15, 0.2) is 18.2 Å². The Labute approximate surface area is 91.7 Å². The number of hydrogen-bond acceptors (Lipinski definition) is 1. The first-order chi connectivity index (χ1) is 7.03. The van der Waals surface area contributed by atoms with Crippen LogP contribution in [0.1, 0.15) is 24.8 Å². The Hall–Kier alpha value is -1.09. The molecule has 2 nitrogen and oxygen atoms in total. The Balaban J connectivity index is 2.33. The number of rotatable bonds is 3. The molecule has 80 valence electrons. The summed E-state index contributed by atoms with van der Waals surface area (Å²) in [6, 6.07) is 4.15. The zero-order chi connectivity index (χ0) is 11.1. The molecule has 1 fully saturated rings. The molecule has 2 rings (SSSR count). The van der Waals surface area contributed by atoms with Crippen molar-refractivity contribution in [3.8, 4) is 0 Å². The van der Waals surface area contributed by atoms with E-state index in [4.69, 9.17) is 16.7 Å². The lowest BCUT2D eigenvalue weighted by Gasteiger charge is -2.14. The highest BCUT2D eigenvalue weighted by molar-refractivity contribution is 6.31. The summed E-state index contributed by atoms with van der Waals surface area (Å²) >= 11 is 5.90. The molecule has 1 saturated carbocycles. The van der Waals surface area contributed by atoms with Crippen LogP contribution in [0.2, 0.25) is 5.02 Å². The Bertz CT molecular complexity index is 413. The molecular weight excluding hydrogens is 219 g/mol. The number of carbonyl (C=O) groups is 1. The quantitative estimate of drug-likeness (QED) is 0.864. The summed E-state index contributed by atoms with van der Waals surface area (Å²) in [5, 5.41) is 9.11. The van der Waals surface area contributed by atoms with Gasteiger partial charge in [0, 0.05) is 10.4 Å². The molecule has 1 aliphatic carbocycles. The van der Waals surface area contributed by atoms with E-state index in [1.54, 1.807) is 6.07 Å². The van der Waals surface area contributed by atoms with Gasteiger partial charge in [-0.15, -0.1) is 0 Å². The maximum atomic E-state index is 12.8. The fraction of sp³-hybridized carbons (Fsp3) is 0.364. The number of carboxylic acid groups (broad SMARTS) is 1. The van der Waals surface area contributed by atoms with Gasteiger partial charge in [-0.2, -0.15) is 0 Å². The number of hydrogen-bond donors (Lipinski definition) is 1. The summed E-state index contributed by atoms with van der Waals surface area (Å²) in [6.07, 6.45) is 1.69. The third-order valence-corrected chi connectivity index (χ3v) is 3.16. The second-order valence-electron chi connectivity index (χ2n) is 3.98. The Kier molecular flexibility index (Phi) is 2.43. The minimum Gasteiger partial charge on any atom is -0.481 e. The molecule has 0 spiro atoms. The Morgan fingerprint density at radius 3 is 2.67 bits per heavy atom. The van der Waals surface area contributed by atoms with Crippen LogP contribution in [0.4, 0.5) is 4.39 Å². The van der Waals surface area contributed by atoms with E-state index in [0.717, 1.165) is 18.4 Å². The van der Waals surface area contributed by atoms with Crippen molar-refractivity contribution >= 4 is 17.6 Å². The number of halogens is 2. The fourth-order valence-electron chi connectivity index (χ4n) is 1.90. The molecule has 4 heteroatoms. The summed E-state index contributed by atoms with van der Waals surface area (Å²) in [6.45, 7) is 0. The smallest absolute Gasteiger partial charge is 0.304 e. The Morgan fingerprint density at radius 2 is 2.20 bits per heavy atom. The van der Waals surface area contributed by atoms with Gasteiger partial charge in [-0.1, -0.05) is 17.7 Å². The molecule has 0 unspecified atom stereocenters. The highest BCUT2D eigenvalue weighted by Gasteiger charge is 2.47. The molecule has 0 amide bonds. The van der Waals surface area contributed by atoms with E-state index in [1.807, 2.05) is 0 Å². The third-order valence-electron chi connectivity index (χ3n) is 2.85. The van der Waals surface area contributed by atoms with Crippen molar-refractivity contribution in [1.29, 1.82) is 0 Å². The predicted octanol–water partition coefficient (Wildman–Crippen LogP) is 2.99. The van der Waals surface area contributed by atoms with Gasteiger partial charge in [-0.25, -0.2) is 4.39 Å². The van der Waals surface area contributed by atoms with Crippen molar-refractivity contribution in [1.82, 2.24) is 0 Å². The minimum atomic E-state index is -0.840. The third kappa shape index (κ3) is 1.97. The van der Waals surface area contributed by atoms with E-state index < -0.39 is 11.8 Å². The molecule has 1 aliphatic rings. The standard InChI is InChI=1S/C11H10ClFO2/c12-9-5-7(13)1-2-8(9)11(3-4-11)6-10(14)15/h1-2,5H,3-4,6H2,(H,14,15). The topological polar surface area (TPSA) is 37.3 Å². The van der Waals surface area contributed by atoms with Crippen molar-refractivity contribution < 1.29 is 14.3 Å². The van der Waals surface area contributed by atoms with Gasteiger partial charge < -0.3 is 5.11 Å². The second-order valence-corrected chi connectivity index (χ2v) is 4.38. The van der Waals surface area contributed by atoms with Crippen LogP contribution in [-0.4, -0.2) is 11.1 Å². The molecular formula is C11H10ClFO2. The first-order valence-electron chi connectivity index (χ1n) is 4.71. The molecule has 0 saturated heterocycles. The van der Waals surface area contributed by atoms with Gasteiger partial charge in [0.25, 0.3) is 0 Å². The summed E-state index contributed by atoms with van der Waals surface area (Å²) in [5.41, 5.74) is 0.407. The van der Waals surface area contributed by atoms with Crippen LogP contribution < -0.4 is 0 Å². The maximum Gasteiger partial charge on any atom is 0.304 e. The summed E-state index contributed by atoms with van der Waals surface area (Å²) < 4.78 is 12.8. The first-order valence-corrected chi connectivity index (χ1v) is 5.09. The number of carboxylic acids is 1. The molecule has 0 atom stereocenters. The van der Waals surface area contributed by atoms with Crippen LogP contribution in [0, 0.1) is 5.82 Å². The van der Waals surface area contributed by atoms with Crippen molar-refractivity contribution in [3.63, 3.8) is 0 Å². The minimum absolute atomic E-state index is 0.0678. The highest BCUT2D eigenvalue weighted by atomic mass is 35.5. The average Bonchev–Trinajstić information content (AvgIpc) is 2.83. The first kappa shape index (κ1) is 10.4. The van der Waals surface area contributed by atoms with Crippen molar-refractivity contribution in [3.05, 3.63) is 34.6 Å². The van der Waals surface area contributed by atoms with E-state index in [0.29, 0.717) is 5.02 Å². The molecule has 0 aromatic heterocycles. The molecule has 0 heterocycles. The van der Waals surface area contributed by atoms with Crippen molar-refractivity contribution in [2.75, 3.05) is 0 Å². The fourth-order valence-corrected chi connectivity index (χ4v) is 2.27. The molecule has 1 N–H and O–H groups in total. The summed E-state index contributed by atoms with van der Waals surface area (Å²) in [5.74, 6) is -1.23. The molecule has 1 aromatic carbocycles. The maximum absolute atomic E-state index is 12.8. The van der Waals surface area contributed by atoms with Crippen LogP contribution in [0.3, 0.4) is 0 Å². The van der Waals surface area contributed by atoms with Crippen LogP contribution in [0.5, 0.6) is 0 Å². The van der Waals surface area contributed by atoms with Gasteiger partial charge >= 0.3 is 5.97 Å². The van der Waals surface area contributed by atoms with Gasteiger partial charge in [-0.3, -0.25) is 4.79 Å². The van der Waals surface area contributed by atoms with E-state index in [9.17, 15) is 9.18 Å². The van der Waals surface area contributed by atoms with E-state index in [-0.39, 0.29) is 11.8 Å². The molecule has 0 bridgehead atoms. The summed E-state index contributed by atoms with van der Waals surface area (Å²) in [7, 11) is 0. The normalized spacial score (nSPS) is 17.5. The lowest BCUT2D eigenvalue weighted by atomic mass is 9.92. The second kappa shape index (κ2) is 3.49. The zero-order valence-electron chi connectivity index (χ0n) is 7.96. The average molecular weight is 229 g/mol. The molecule has 0 radical (unpaired) electrons.